The van der Waals surface area contributed by atoms with Gasteiger partial charge in [0.05, 0.1) is 22.3 Å². The number of fused-ring (bicyclic) bond motifs is 1. The van der Waals surface area contributed by atoms with Crippen molar-refractivity contribution < 1.29 is 0 Å². The Morgan fingerprint density at radius 3 is 2.46 bits per heavy atom. The molecule has 0 saturated carbocycles. The molecule has 200 valence electrons. The second kappa shape index (κ2) is 10.9. The van der Waals surface area contributed by atoms with Crippen LogP contribution in [0.5, 0.6) is 0 Å². The zero-order valence-corrected chi connectivity index (χ0v) is 23.4. The minimum atomic E-state index is -0.174. The summed E-state index contributed by atoms with van der Waals surface area (Å²) >= 11 is 12.1. The van der Waals surface area contributed by atoms with Crippen molar-refractivity contribution in [3.8, 4) is 0 Å². The van der Waals surface area contributed by atoms with Crippen molar-refractivity contribution >= 4 is 40.2 Å². The molecule has 10 heteroatoms. The lowest BCUT2D eigenvalue weighted by Crippen LogP contribution is -2.48. The number of likely N-dealkylation sites (tertiary alicyclic amines) is 2. The molecular weight excluding hydrogens is 509 g/mol. The predicted molar refractivity (Wildman–Crippen MR) is 151 cm³/mol. The molecule has 3 aromatic rings. The van der Waals surface area contributed by atoms with E-state index in [1.165, 1.54) is 32.5 Å². The Labute approximate surface area is 228 Å². The lowest BCUT2D eigenvalue weighted by molar-refractivity contribution is 0.0678. The van der Waals surface area contributed by atoms with E-state index in [0.29, 0.717) is 33.6 Å². The number of benzene rings is 1. The molecule has 2 saturated heterocycles. The van der Waals surface area contributed by atoms with Crippen molar-refractivity contribution in [1.82, 2.24) is 29.5 Å². The molecule has 37 heavy (non-hydrogen) atoms. The highest BCUT2D eigenvalue weighted by atomic mass is 35.5. The Morgan fingerprint density at radius 2 is 1.78 bits per heavy atom. The molecule has 0 bridgehead atoms. The molecular formula is C27H37Cl2N7O. The summed E-state index contributed by atoms with van der Waals surface area (Å²) in [6.07, 6.45) is 6.25. The number of hydrogen-bond donors (Lipinski definition) is 2. The highest BCUT2D eigenvalue weighted by molar-refractivity contribution is 6.42. The summed E-state index contributed by atoms with van der Waals surface area (Å²) in [6.45, 7) is 13.1. The van der Waals surface area contributed by atoms with Gasteiger partial charge in [-0.25, -0.2) is 4.98 Å². The minimum Gasteiger partial charge on any atom is -0.352 e. The molecule has 8 nitrogen and oxygen atoms in total. The van der Waals surface area contributed by atoms with Crippen molar-refractivity contribution in [2.24, 2.45) is 5.92 Å². The molecule has 4 heterocycles. The molecule has 5 rings (SSSR count). The zero-order valence-electron chi connectivity index (χ0n) is 21.9. The fraction of sp³-hybridized carbons (Fsp3) is 0.593. The zero-order chi connectivity index (χ0) is 26.2. The van der Waals surface area contributed by atoms with E-state index in [-0.39, 0.29) is 17.1 Å². The van der Waals surface area contributed by atoms with Gasteiger partial charge in [0.1, 0.15) is 5.52 Å². The van der Waals surface area contributed by atoms with Crippen LogP contribution in [0.25, 0.3) is 11.0 Å². The van der Waals surface area contributed by atoms with Crippen molar-refractivity contribution in [3.05, 3.63) is 50.4 Å². The number of anilines is 1. The molecule has 0 atom stereocenters. The molecule has 2 aliphatic rings. The average molecular weight is 547 g/mol. The Kier molecular flexibility index (Phi) is 7.82. The molecule has 0 amide bonds. The first kappa shape index (κ1) is 26.5. The Balaban J connectivity index is 1.17. The summed E-state index contributed by atoms with van der Waals surface area (Å²) in [5, 5.41) is 8.76. The van der Waals surface area contributed by atoms with Crippen LogP contribution in [0.1, 0.15) is 58.1 Å². The van der Waals surface area contributed by atoms with Crippen LogP contribution in [-0.2, 0) is 6.54 Å². The van der Waals surface area contributed by atoms with E-state index in [4.69, 9.17) is 23.2 Å². The Bertz CT molecular complexity index is 1280. The molecule has 2 N–H and O–H groups in total. The van der Waals surface area contributed by atoms with Gasteiger partial charge in [0.25, 0.3) is 5.56 Å². The van der Waals surface area contributed by atoms with Gasteiger partial charge < -0.3 is 10.2 Å². The molecule has 2 fully saturated rings. The topological polar surface area (TPSA) is 82.1 Å². The monoisotopic (exact) mass is 545 g/mol. The van der Waals surface area contributed by atoms with Gasteiger partial charge in [-0.2, -0.15) is 5.10 Å². The van der Waals surface area contributed by atoms with E-state index in [9.17, 15) is 4.79 Å². The van der Waals surface area contributed by atoms with E-state index in [0.717, 1.165) is 37.4 Å². The van der Waals surface area contributed by atoms with Crippen LogP contribution in [0.15, 0.2) is 29.2 Å². The first-order chi connectivity index (χ1) is 17.7. The third-order valence-electron chi connectivity index (χ3n) is 7.88. The molecule has 2 aromatic heterocycles. The number of aromatic amines is 1. The van der Waals surface area contributed by atoms with Gasteiger partial charge in [-0.1, -0.05) is 29.3 Å². The molecule has 1 aromatic carbocycles. The van der Waals surface area contributed by atoms with Crippen LogP contribution >= 0.6 is 23.2 Å². The van der Waals surface area contributed by atoms with Crippen LogP contribution in [0.4, 0.5) is 5.95 Å². The highest BCUT2D eigenvalue weighted by Gasteiger charge is 2.30. The Hall–Kier alpha value is -2.13. The quantitative estimate of drug-likeness (QED) is 0.443. The lowest BCUT2D eigenvalue weighted by atomic mass is 9.92. The van der Waals surface area contributed by atoms with E-state index in [2.05, 4.69) is 51.0 Å². The largest absolute Gasteiger partial charge is 0.352 e. The van der Waals surface area contributed by atoms with Crippen LogP contribution in [0.3, 0.4) is 0 Å². The van der Waals surface area contributed by atoms with Crippen molar-refractivity contribution in [2.45, 2.75) is 64.6 Å². The van der Waals surface area contributed by atoms with Crippen molar-refractivity contribution in [2.75, 3.05) is 38.0 Å². The van der Waals surface area contributed by atoms with E-state index in [1.807, 2.05) is 10.7 Å². The predicted octanol–water partition coefficient (Wildman–Crippen LogP) is 5.19. The lowest BCUT2D eigenvalue weighted by Gasteiger charge is -2.42. The first-order valence-electron chi connectivity index (χ1n) is 13.3. The summed E-state index contributed by atoms with van der Waals surface area (Å²) in [6, 6.07) is 5.66. The maximum Gasteiger partial charge on any atom is 0.278 e. The normalized spacial score (nSPS) is 19.1. The number of piperidine rings is 2. The van der Waals surface area contributed by atoms with Crippen molar-refractivity contribution in [1.29, 1.82) is 0 Å². The second-order valence-electron chi connectivity index (χ2n) is 11.5. The maximum atomic E-state index is 13.0. The first-order valence-corrected chi connectivity index (χ1v) is 14.1. The van der Waals surface area contributed by atoms with Crippen LogP contribution in [0.2, 0.25) is 10.0 Å². The van der Waals surface area contributed by atoms with E-state index >= 15 is 0 Å². The van der Waals surface area contributed by atoms with Gasteiger partial charge >= 0.3 is 0 Å². The van der Waals surface area contributed by atoms with Crippen LogP contribution in [0, 0.1) is 5.92 Å². The number of hydrogen-bond acceptors (Lipinski definition) is 6. The number of H-pyrrole nitrogens is 1. The number of halogens is 2. The SMILES string of the molecule is CC(C)(C)N1CCC(CN2CCC(n3ncc4nc(NCc5ccc(Cl)c(Cl)c5)[nH]c(=O)c43)CC2)CC1. The molecule has 0 aliphatic carbocycles. The molecule has 0 radical (unpaired) electrons. The molecule has 2 aliphatic heterocycles. The van der Waals surface area contributed by atoms with E-state index in [1.54, 1.807) is 18.3 Å². The number of rotatable bonds is 6. The standard InChI is InChI=1S/C27H37Cl2N7O/c1-27(2,3)35-12-6-18(7-13-35)17-34-10-8-20(9-11-34)36-24-23(16-31-36)32-26(33-25(24)37)30-15-19-4-5-21(28)22(29)14-19/h4-5,14,16,18,20H,6-13,15,17H2,1-3H3,(H2,30,32,33,37). The van der Waals surface area contributed by atoms with Crippen LogP contribution < -0.4 is 10.9 Å². The summed E-state index contributed by atoms with van der Waals surface area (Å²) in [7, 11) is 0. The third kappa shape index (κ3) is 6.14. The maximum absolute atomic E-state index is 13.0. The number of nitrogens with one attached hydrogen (secondary N) is 2. The minimum absolute atomic E-state index is 0.174. The van der Waals surface area contributed by atoms with Gasteiger partial charge in [-0.15, -0.1) is 0 Å². The van der Waals surface area contributed by atoms with Gasteiger partial charge in [0.15, 0.2) is 5.52 Å². The summed E-state index contributed by atoms with van der Waals surface area (Å²) in [5.41, 5.74) is 2.19. The van der Waals surface area contributed by atoms with Gasteiger partial charge in [0, 0.05) is 31.7 Å². The average Bonchev–Trinajstić information content (AvgIpc) is 3.30. The second-order valence-corrected chi connectivity index (χ2v) is 12.3. The third-order valence-corrected chi connectivity index (χ3v) is 8.62. The van der Waals surface area contributed by atoms with Crippen molar-refractivity contribution in [3.63, 3.8) is 0 Å². The summed E-state index contributed by atoms with van der Waals surface area (Å²) in [4.78, 5) is 25.7. The molecule has 0 unspecified atom stereocenters. The van der Waals surface area contributed by atoms with E-state index < -0.39 is 0 Å². The Morgan fingerprint density at radius 1 is 1.05 bits per heavy atom. The summed E-state index contributed by atoms with van der Waals surface area (Å²) < 4.78 is 1.89. The number of aromatic nitrogens is 4. The smallest absolute Gasteiger partial charge is 0.278 e. The molecule has 0 spiro atoms. The highest BCUT2D eigenvalue weighted by Crippen LogP contribution is 2.28. The fourth-order valence-corrected chi connectivity index (χ4v) is 5.99. The summed E-state index contributed by atoms with van der Waals surface area (Å²) in [5.74, 6) is 1.19. The van der Waals surface area contributed by atoms with Gasteiger partial charge in [-0.3, -0.25) is 19.4 Å². The van der Waals surface area contributed by atoms with Crippen LogP contribution in [-0.4, -0.2) is 67.8 Å². The fourth-order valence-electron chi connectivity index (χ4n) is 5.66. The van der Waals surface area contributed by atoms with Gasteiger partial charge in [0.2, 0.25) is 5.95 Å². The number of nitrogens with zero attached hydrogens (tertiary/aromatic N) is 5. The van der Waals surface area contributed by atoms with Gasteiger partial charge in [-0.05, 0) is 83.2 Å².